The molecule has 1 aliphatic rings. The number of rotatable bonds is 5. The first-order valence-electron chi connectivity index (χ1n) is 5.89. The molecule has 0 radical (unpaired) electrons. The van der Waals surface area contributed by atoms with E-state index in [0.717, 1.165) is 45.1 Å². The Bertz CT molecular complexity index is 286. The molecule has 0 bridgehead atoms. The van der Waals surface area contributed by atoms with Crippen LogP contribution < -0.4 is 5.32 Å². The lowest BCUT2D eigenvalue weighted by Crippen LogP contribution is -2.37. The van der Waals surface area contributed by atoms with E-state index in [1.165, 1.54) is 6.42 Å². The van der Waals surface area contributed by atoms with Crippen molar-refractivity contribution < 1.29 is 4.74 Å². The lowest BCUT2D eigenvalue weighted by molar-refractivity contribution is 0.0378. The molecule has 0 aliphatic carbocycles. The molecule has 0 amide bonds. The van der Waals surface area contributed by atoms with E-state index in [0.29, 0.717) is 0 Å². The van der Waals surface area contributed by atoms with Gasteiger partial charge in [-0.1, -0.05) is 0 Å². The Hall–Kier alpha value is -1.13. The largest absolute Gasteiger partial charge is 0.385 e. The van der Waals surface area contributed by atoms with Crippen LogP contribution >= 0.6 is 0 Å². The van der Waals surface area contributed by atoms with Crippen LogP contribution in [-0.4, -0.2) is 49.3 Å². The second-order valence-electron chi connectivity index (χ2n) is 3.97. The van der Waals surface area contributed by atoms with Gasteiger partial charge in [0.05, 0.1) is 13.2 Å². The summed E-state index contributed by atoms with van der Waals surface area (Å²) in [5, 5.41) is 3.39. The lowest BCUT2D eigenvalue weighted by atomic mass is 10.3. The molecule has 1 aliphatic heterocycles. The molecule has 1 saturated heterocycles. The highest BCUT2D eigenvalue weighted by atomic mass is 16.5. The van der Waals surface area contributed by atoms with Gasteiger partial charge in [-0.25, -0.2) is 0 Å². The molecule has 88 valence electrons. The number of hydrogen-bond acceptors (Lipinski definition) is 4. The number of ether oxygens (including phenoxy) is 1. The molecule has 2 heterocycles. The van der Waals surface area contributed by atoms with Crippen molar-refractivity contribution in [2.45, 2.75) is 6.42 Å². The van der Waals surface area contributed by atoms with Gasteiger partial charge < -0.3 is 10.1 Å². The normalized spacial score (nSPS) is 17.2. The van der Waals surface area contributed by atoms with Gasteiger partial charge in [0.25, 0.3) is 0 Å². The van der Waals surface area contributed by atoms with Gasteiger partial charge >= 0.3 is 0 Å². The molecule has 4 nitrogen and oxygen atoms in total. The number of morpholine rings is 1. The lowest BCUT2D eigenvalue weighted by Gasteiger charge is -2.26. The van der Waals surface area contributed by atoms with Crippen LogP contribution in [0, 0.1) is 0 Å². The maximum atomic E-state index is 5.31. The highest BCUT2D eigenvalue weighted by Gasteiger charge is 2.08. The quantitative estimate of drug-likeness (QED) is 0.759. The molecule has 1 fully saturated rings. The van der Waals surface area contributed by atoms with Crippen molar-refractivity contribution in [3.05, 3.63) is 24.5 Å². The SMILES string of the molecule is c1cc(NCCCN2CCOCC2)ccn1. The third-order valence-corrected chi connectivity index (χ3v) is 2.76. The van der Waals surface area contributed by atoms with E-state index in [1.807, 2.05) is 24.5 Å². The Morgan fingerprint density at radius 2 is 2.00 bits per heavy atom. The fraction of sp³-hybridized carbons (Fsp3) is 0.583. The van der Waals surface area contributed by atoms with Gasteiger partial charge in [0.15, 0.2) is 0 Å². The summed E-state index contributed by atoms with van der Waals surface area (Å²) in [7, 11) is 0. The van der Waals surface area contributed by atoms with E-state index >= 15 is 0 Å². The van der Waals surface area contributed by atoms with E-state index in [-0.39, 0.29) is 0 Å². The molecular weight excluding hydrogens is 202 g/mol. The minimum atomic E-state index is 0.887. The summed E-state index contributed by atoms with van der Waals surface area (Å²) in [5.74, 6) is 0. The minimum Gasteiger partial charge on any atom is -0.385 e. The van der Waals surface area contributed by atoms with Gasteiger partial charge in [-0.3, -0.25) is 9.88 Å². The topological polar surface area (TPSA) is 37.4 Å². The Morgan fingerprint density at radius 3 is 2.75 bits per heavy atom. The molecule has 0 atom stereocenters. The molecule has 0 saturated carbocycles. The predicted molar refractivity (Wildman–Crippen MR) is 64.6 cm³/mol. The minimum absolute atomic E-state index is 0.887. The van der Waals surface area contributed by atoms with Crippen LogP contribution in [0.2, 0.25) is 0 Å². The highest BCUT2D eigenvalue weighted by Crippen LogP contribution is 2.03. The van der Waals surface area contributed by atoms with Crippen molar-refractivity contribution in [1.29, 1.82) is 0 Å². The molecular formula is C12H19N3O. The Balaban J connectivity index is 1.58. The van der Waals surface area contributed by atoms with E-state index in [9.17, 15) is 0 Å². The van der Waals surface area contributed by atoms with E-state index < -0.39 is 0 Å². The average molecular weight is 221 g/mol. The summed E-state index contributed by atoms with van der Waals surface area (Å²) in [5.41, 5.74) is 1.15. The second-order valence-corrected chi connectivity index (χ2v) is 3.97. The van der Waals surface area contributed by atoms with Crippen molar-refractivity contribution in [3.8, 4) is 0 Å². The number of anilines is 1. The van der Waals surface area contributed by atoms with E-state index in [4.69, 9.17) is 4.74 Å². The van der Waals surface area contributed by atoms with E-state index in [2.05, 4.69) is 15.2 Å². The Morgan fingerprint density at radius 1 is 1.25 bits per heavy atom. The third-order valence-electron chi connectivity index (χ3n) is 2.76. The zero-order valence-corrected chi connectivity index (χ0v) is 9.56. The number of pyridine rings is 1. The van der Waals surface area contributed by atoms with Crippen LogP contribution in [0.5, 0.6) is 0 Å². The molecule has 16 heavy (non-hydrogen) atoms. The van der Waals surface area contributed by atoms with Crippen LogP contribution in [0.1, 0.15) is 6.42 Å². The van der Waals surface area contributed by atoms with Gasteiger partial charge in [-0.15, -0.1) is 0 Å². The molecule has 1 aromatic rings. The van der Waals surface area contributed by atoms with Gasteiger partial charge in [0, 0.05) is 37.7 Å². The first kappa shape index (κ1) is 11.4. The van der Waals surface area contributed by atoms with Crippen LogP contribution in [0.4, 0.5) is 5.69 Å². The smallest absolute Gasteiger partial charge is 0.0594 e. The van der Waals surface area contributed by atoms with Crippen molar-refractivity contribution in [3.63, 3.8) is 0 Å². The molecule has 0 unspecified atom stereocenters. The second kappa shape index (κ2) is 6.45. The predicted octanol–water partition coefficient (Wildman–Crippen LogP) is 1.22. The number of nitrogens with zero attached hydrogens (tertiary/aromatic N) is 2. The maximum absolute atomic E-state index is 5.31. The summed E-state index contributed by atoms with van der Waals surface area (Å²) >= 11 is 0. The summed E-state index contributed by atoms with van der Waals surface area (Å²) in [6.07, 6.45) is 4.79. The average Bonchev–Trinajstić information content (AvgIpc) is 2.37. The Labute approximate surface area is 96.6 Å². The first-order valence-corrected chi connectivity index (χ1v) is 5.89. The fourth-order valence-electron chi connectivity index (χ4n) is 1.83. The van der Waals surface area contributed by atoms with Crippen molar-refractivity contribution in [2.75, 3.05) is 44.7 Å². The number of hydrogen-bond donors (Lipinski definition) is 1. The molecule has 2 rings (SSSR count). The van der Waals surface area contributed by atoms with Crippen LogP contribution in [0.15, 0.2) is 24.5 Å². The summed E-state index contributed by atoms with van der Waals surface area (Å²) in [6, 6.07) is 3.99. The molecule has 1 aromatic heterocycles. The molecule has 0 aromatic carbocycles. The van der Waals surface area contributed by atoms with Crippen molar-refractivity contribution in [2.24, 2.45) is 0 Å². The monoisotopic (exact) mass is 221 g/mol. The summed E-state index contributed by atoms with van der Waals surface area (Å²) < 4.78 is 5.31. The van der Waals surface area contributed by atoms with Crippen molar-refractivity contribution >= 4 is 5.69 Å². The van der Waals surface area contributed by atoms with E-state index in [1.54, 1.807) is 0 Å². The number of nitrogens with one attached hydrogen (secondary N) is 1. The number of aromatic nitrogens is 1. The van der Waals surface area contributed by atoms with Crippen LogP contribution in [0.25, 0.3) is 0 Å². The van der Waals surface area contributed by atoms with Gasteiger partial charge in [0.1, 0.15) is 0 Å². The maximum Gasteiger partial charge on any atom is 0.0594 e. The summed E-state index contributed by atoms with van der Waals surface area (Å²) in [4.78, 5) is 6.44. The summed E-state index contributed by atoms with van der Waals surface area (Å²) in [6.45, 7) is 6.10. The van der Waals surface area contributed by atoms with Crippen LogP contribution in [-0.2, 0) is 4.74 Å². The first-order chi connectivity index (χ1) is 7.95. The zero-order chi connectivity index (χ0) is 11.1. The Kier molecular flexibility index (Phi) is 4.58. The van der Waals surface area contributed by atoms with Gasteiger partial charge in [-0.2, -0.15) is 0 Å². The van der Waals surface area contributed by atoms with Crippen LogP contribution in [0.3, 0.4) is 0 Å². The highest BCUT2D eigenvalue weighted by molar-refractivity contribution is 5.40. The van der Waals surface area contributed by atoms with Crippen molar-refractivity contribution in [1.82, 2.24) is 9.88 Å². The molecule has 4 heteroatoms. The van der Waals surface area contributed by atoms with Gasteiger partial charge in [0.2, 0.25) is 0 Å². The standard InChI is InChI=1S/C12H19N3O/c1(7-15-8-10-16-11-9-15)4-14-12-2-5-13-6-3-12/h2-3,5-6H,1,4,7-11H2,(H,13,14). The fourth-order valence-corrected chi connectivity index (χ4v) is 1.83. The molecule has 1 N–H and O–H groups in total. The zero-order valence-electron chi connectivity index (χ0n) is 9.56. The van der Waals surface area contributed by atoms with Gasteiger partial charge in [-0.05, 0) is 25.1 Å². The molecule has 0 spiro atoms. The third kappa shape index (κ3) is 3.79.